The molecule has 0 aromatic carbocycles. The number of rotatable bonds is 35. The first-order chi connectivity index (χ1) is 21.5. The number of unbranched alkanes of at least 4 members (excludes halogenated alkanes) is 18. The number of nitrogens with zero attached hydrogens (tertiary/aromatic N) is 1. The number of carbonyl (C=O) groups is 2. The van der Waals surface area contributed by atoms with E-state index in [1.165, 1.54) is 116 Å². The average molecular weight is 624 g/mol. The molecule has 0 amide bonds. The third-order valence-corrected chi connectivity index (χ3v) is 9.07. The monoisotopic (exact) mass is 624 g/mol. The molecular formula is C39H77NO4. The van der Waals surface area contributed by atoms with Crippen molar-refractivity contribution in [2.75, 3.05) is 33.4 Å². The summed E-state index contributed by atoms with van der Waals surface area (Å²) in [6, 6.07) is 0. The van der Waals surface area contributed by atoms with Gasteiger partial charge in [-0.25, -0.2) is 0 Å². The Morgan fingerprint density at radius 3 is 1.34 bits per heavy atom. The summed E-state index contributed by atoms with van der Waals surface area (Å²) >= 11 is 0. The second kappa shape index (κ2) is 34.8. The Hall–Kier alpha value is -1.10. The Bertz CT molecular complexity index is 599. The number of carbonyl (C=O) groups excluding carboxylic acids is 2. The van der Waals surface area contributed by atoms with Crippen molar-refractivity contribution in [3.63, 3.8) is 0 Å². The summed E-state index contributed by atoms with van der Waals surface area (Å²) in [6.45, 7) is 10.1. The van der Waals surface area contributed by atoms with Gasteiger partial charge in [0.25, 0.3) is 0 Å². The molecule has 0 heterocycles. The zero-order valence-electron chi connectivity index (χ0n) is 30.3. The van der Waals surface area contributed by atoms with Gasteiger partial charge in [-0.2, -0.15) is 0 Å². The SMILES string of the molecule is CCCCCCCCCCCOC(=O)CCCCCN(C)CCCCCOC(=O)CCC(CCCCCC)CCCCCC. The molecule has 44 heavy (non-hydrogen) atoms. The summed E-state index contributed by atoms with van der Waals surface area (Å²) in [5.74, 6) is 0.667. The Morgan fingerprint density at radius 1 is 0.455 bits per heavy atom. The molecule has 0 bridgehead atoms. The minimum absolute atomic E-state index is 0.00149. The summed E-state index contributed by atoms with van der Waals surface area (Å²) in [7, 11) is 2.18. The van der Waals surface area contributed by atoms with Gasteiger partial charge in [-0.15, -0.1) is 0 Å². The smallest absolute Gasteiger partial charge is 0.305 e. The number of ether oxygens (including phenoxy) is 2. The molecule has 5 nitrogen and oxygen atoms in total. The van der Waals surface area contributed by atoms with Gasteiger partial charge in [0.05, 0.1) is 13.2 Å². The Balaban J connectivity index is 3.65. The van der Waals surface area contributed by atoms with E-state index in [4.69, 9.17) is 9.47 Å². The molecule has 0 N–H and O–H groups in total. The predicted octanol–water partition coefficient (Wildman–Crippen LogP) is 11.6. The molecule has 0 atom stereocenters. The highest BCUT2D eigenvalue weighted by molar-refractivity contribution is 5.69. The quantitative estimate of drug-likeness (QED) is 0.0519. The van der Waals surface area contributed by atoms with E-state index in [0.29, 0.717) is 32.0 Å². The van der Waals surface area contributed by atoms with Gasteiger partial charge in [0.15, 0.2) is 0 Å². The summed E-state index contributed by atoms with van der Waals surface area (Å²) in [4.78, 5) is 26.7. The Kier molecular flexibility index (Phi) is 33.9. The normalized spacial score (nSPS) is 11.5. The zero-order chi connectivity index (χ0) is 32.4. The summed E-state index contributed by atoms with van der Waals surface area (Å²) in [5.41, 5.74) is 0. The van der Waals surface area contributed by atoms with Crippen LogP contribution in [0.2, 0.25) is 0 Å². The topological polar surface area (TPSA) is 55.8 Å². The van der Waals surface area contributed by atoms with Gasteiger partial charge in [-0.3, -0.25) is 9.59 Å². The van der Waals surface area contributed by atoms with Crippen LogP contribution in [0, 0.1) is 5.92 Å². The van der Waals surface area contributed by atoms with Crippen molar-refractivity contribution >= 4 is 11.9 Å². The van der Waals surface area contributed by atoms with E-state index in [9.17, 15) is 9.59 Å². The first kappa shape index (κ1) is 42.9. The summed E-state index contributed by atoms with van der Waals surface area (Å²) < 4.78 is 11.0. The van der Waals surface area contributed by atoms with Gasteiger partial charge in [-0.05, 0) is 71.0 Å². The van der Waals surface area contributed by atoms with E-state index in [0.717, 1.165) is 64.5 Å². The molecule has 0 aromatic rings. The standard InChI is InChI=1S/C39H77NO4/c1-5-8-11-14-15-16-17-18-26-35-43-38(41)30-23-19-24-33-40(4)34-25-20-27-36-44-39(42)32-31-37(28-21-12-9-6-2)29-22-13-10-7-3/h37H,5-36H2,1-4H3. The summed E-state index contributed by atoms with van der Waals surface area (Å²) in [6.07, 6.45) is 33.1. The first-order valence-corrected chi connectivity index (χ1v) is 19.5. The minimum atomic E-state index is -0.0248. The van der Waals surface area contributed by atoms with Crippen molar-refractivity contribution in [1.29, 1.82) is 0 Å². The zero-order valence-corrected chi connectivity index (χ0v) is 30.3. The highest BCUT2D eigenvalue weighted by atomic mass is 16.5. The van der Waals surface area contributed by atoms with E-state index in [1.807, 2.05) is 0 Å². The molecular weight excluding hydrogens is 546 g/mol. The van der Waals surface area contributed by atoms with E-state index in [-0.39, 0.29) is 11.9 Å². The Morgan fingerprint density at radius 2 is 0.841 bits per heavy atom. The third kappa shape index (κ3) is 32.3. The largest absolute Gasteiger partial charge is 0.466 e. The van der Waals surface area contributed by atoms with Crippen LogP contribution < -0.4 is 0 Å². The molecule has 0 fully saturated rings. The van der Waals surface area contributed by atoms with Gasteiger partial charge >= 0.3 is 11.9 Å². The highest BCUT2D eigenvalue weighted by Crippen LogP contribution is 2.23. The van der Waals surface area contributed by atoms with Crippen molar-refractivity contribution in [3.05, 3.63) is 0 Å². The molecule has 0 unspecified atom stereocenters. The third-order valence-electron chi connectivity index (χ3n) is 9.07. The van der Waals surface area contributed by atoms with Gasteiger partial charge in [0.1, 0.15) is 0 Å². The molecule has 262 valence electrons. The lowest BCUT2D eigenvalue weighted by Gasteiger charge is -2.17. The molecule has 0 radical (unpaired) electrons. The van der Waals surface area contributed by atoms with Gasteiger partial charge in [-0.1, -0.05) is 143 Å². The lowest BCUT2D eigenvalue weighted by molar-refractivity contribution is -0.145. The molecule has 0 aliphatic heterocycles. The van der Waals surface area contributed by atoms with Gasteiger partial charge < -0.3 is 14.4 Å². The van der Waals surface area contributed by atoms with Crippen LogP contribution in [0.25, 0.3) is 0 Å². The van der Waals surface area contributed by atoms with Crippen molar-refractivity contribution in [1.82, 2.24) is 4.90 Å². The van der Waals surface area contributed by atoms with Crippen LogP contribution in [0.4, 0.5) is 0 Å². The van der Waals surface area contributed by atoms with Crippen LogP contribution in [-0.2, 0) is 19.1 Å². The fraction of sp³-hybridized carbons (Fsp3) is 0.949. The van der Waals surface area contributed by atoms with Crippen LogP contribution in [0.3, 0.4) is 0 Å². The molecule has 0 aliphatic rings. The number of hydrogen-bond acceptors (Lipinski definition) is 5. The maximum absolute atomic E-state index is 12.3. The molecule has 0 rings (SSSR count). The van der Waals surface area contributed by atoms with Crippen LogP contribution in [0.1, 0.15) is 201 Å². The summed E-state index contributed by atoms with van der Waals surface area (Å²) in [5, 5.41) is 0. The number of esters is 2. The van der Waals surface area contributed by atoms with Gasteiger partial charge in [0.2, 0.25) is 0 Å². The van der Waals surface area contributed by atoms with Crippen LogP contribution in [-0.4, -0.2) is 50.2 Å². The lowest BCUT2D eigenvalue weighted by Crippen LogP contribution is -2.21. The predicted molar refractivity (Wildman–Crippen MR) is 189 cm³/mol. The molecule has 0 saturated carbocycles. The van der Waals surface area contributed by atoms with Crippen LogP contribution in [0.5, 0.6) is 0 Å². The van der Waals surface area contributed by atoms with E-state index in [2.05, 4.69) is 32.7 Å². The van der Waals surface area contributed by atoms with E-state index >= 15 is 0 Å². The lowest BCUT2D eigenvalue weighted by atomic mass is 9.90. The van der Waals surface area contributed by atoms with E-state index in [1.54, 1.807) is 0 Å². The molecule has 0 aromatic heterocycles. The highest BCUT2D eigenvalue weighted by Gasteiger charge is 2.12. The second-order valence-electron chi connectivity index (χ2n) is 13.5. The van der Waals surface area contributed by atoms with Crippen LogP contribution in [0.15, 0.2) is 0 Å². The van der Waals surface area contributed by atoms with Crippen molar-refractivity contribution < 1.29 is 19.1 Å². The minimum Gasteiger partial charge on any atom is -0.466 e. The molecule has 5 heteroatoms. The Labute approximate surface area is 275 Å². The van der Waals surface area contributed by atoms with Crippen molar-refractivity contribution in [2.45, 2.75) is 201 Å². The van der Waals surface area contributed by atoms with Crippen molar-refractivity contribution in [3.8, 4) is 0 Å². The maximum atomic E-state index is 12.3. The second-order valence-corrected chi connectivity index (χ2v) is 13.5. The molecule has 0 saturated heterocycles. The first-order valence-electron chi connectivity index (χ1n) is 19.5. The number of hydrogen-bond donors (Lipinski definition) is 0. The fourth-order valence-electron chi connectivity index (χ4n) is 6.00. The van der Waals surface area contributed by atoms with Crippen molar-refractivity contribution in [2.24, 2.45) is 5.92 Å². The molecule has 0 spiro atoms. The maximum Gasteiger partial charge on any atom is 0.305 e. The average Bonchev–Trinajstić information content (AvgIpc) is 3.02. The fourth-order valence-corrected chi connectivity index (χ4v) is 6.00. The van der Waals surface area contributed by atoms with Gasteiger partial charge in [0, 0.05) is 12.8 Å². The van der Waals surface area contributed by atoms with Crippen LogP contribution >= 0.6 is 0 Å². The molecule has 0 aliphatic carbocycles. The van der Waals surface area contributed by atoms with E-state index < -0.39 is 0 Å².